The van der Waals surface area contributed by atoms with Gasteiger partial charge in [-0.2, -0.15) is 4.98 Å². The van der Waals surface area contributed by atoms with Crippen molar-refractivity contribution in [1.82, 2.24) is 9.97 Å². The summed E-state index contributed by atoms with van der Waals surface area (Å²) in [5, 5.41) is 0. The third-order valence-corrected chi connectivity index (χ3v) is 2.74. The molecule has 2 N–H and O–H groups in total. The van der Waals surface area contributed by atoms with Crippen LogP contribution in [-0.2, 0) is 0 Å². The van der Waals surface area contributed by atoms with E-state index < -0.39 is 0 Å². The van der Waals surface area contributed by atoms with Crippen LogP contribution in [0.5, 0.6) is 5.88 Å². The van der Waals surface area contributed by atoms with E-state index in [-0.39, 0.29) is 12.1 Å². The van der Waals surface area contributed by atoms with Crippen molar-refractivity contribution >= 4 is 5.82 Å². The van der Waals surface area contributed by atoms with Gasteiger partial charge in [0.1, 0.15) is 0 Å². The van der Waals surface area contributed by atoms with Crippen LogP contribution in [0.4, 0.5) is 5.82 Å². The fourth-order valence-electron chi connectivity index (χ4n) is 2.01. The van der Waals surface area contributed by atoms with Gasteiger partial charge in [-0.15, -0.1) is 0 Å². The van der Waals surface area contributed by atoms with Crippen LogP contribution in [0.15, 0.2) is 12.4 Å². The van der Waals surface area contributed by atoms with Crippen LogP contribution in [-0.4, -0.2) is 35.2 Å². The Bertz CT molecular complexity index is 369. The minimum Gasteiger partial charge on any atom is -0.474 e. The van der Waals surface area contributed by atoms with Gasteiger partial charge in [0.25, 0.3) is 0 Å². The highest BCUT2D eigenvalue weighted by atomic mass is 16.5. The highest BCUT2D eigenvalue weighted by Crippen LogP contribution is 2.19. The molecule has 17 heavy (non-hydrogen) atoms. The van der Waals surface area contributed by atoms with Crippen molar-refractivity contribution in [1.29, 1.82) is 0 Å². The van der Waals surface area contributed by atoms with Crippen molar-refractivity contribution < 1.29 is 4.74 Å². The molecule has 1 aliphatic heterocycles. The molecule has 0 radical (unpaired) electrons. The zero-order valence-corrected chi connectivity index (χ0v) is 10.5. The molecule has 5 heteroatoms. The molecule has 94 valence electrons. The predicted molar refractivity (Wildman–Crippen MR) is 67.2 cm³/mol. The van der Waals surface area contributed by atoms with Gasteiger partial charge in [-0.1, -0.05) is 0 Å². The maximum Gasteiger partial charge on any atom is 0.234 e. The summed E-state index contributed by atoms with van der Waals surface area (Å²) < 4.78 is 5.54. The molecule has 1 aromatic rings. The number of nitrogens with zero attached hydrogens (tertiary/aromatic N) is 3. The molecule has 0 unspecified atom stereocenters. The number of anilines is 1. The number of hydrogen-bond acceptors (Lipinski definition) is 5. The summed E-state index contributed by atoms with van der Waals surface area (Å²) >= 11 is 0. The average Bonchev–Trinajstić information content (AvgIpc) is 2.28. The highest BCUT2D eigenvalue weighted by Gasteiger charge is 2.18. The number of nitrogens with two attached hydrogens (primary N) is 1. The summed E-state index contributed by atoms with van der Waals surface area (Å²) in [6.45, 7) is 5.80. The van der Waals surface area contributed by atoms with Gasteiger partial charge < -0.3 is 15.4 Å². The van der Waals surface area contributed by atoms with Gasteiger partial charge in [0.15, 0.2) is 5.82 Å². The second-order valence-electron chi connectivity index (χ2n) is 4.73. The molecule has 0 aliphatic carbocycles. The van der Waals surface area contributed by atoms with E-state index in [4.69, 9.17) is 10.5 Å². The SMILES string of the molecule is CC(C)Oc1cncc(N2CCC[C@@H](N)C2)n1. The Labute approximate surface area is 102 Å². The van der Waals surface area contributed by atoms with E-state index in [1.54, 1.807) is 12.4 Å². The Morgan fingerprint density at radius 2 is 2.29 bits per heavy atom. The molecule has 1 fully saturated rings. The molecule has 0 spiro atoms. The van der Waals surface area contributed by atoms with Crippen LogP contribution in [0.1, 0.15) is 26.7 Å². The average molecular weight is 236 g/mol. The molecule has 5 nitrogen and oxygen atoms in total. The van der Waals surface area contributed by atoms with Gasteiger partial charge in [-0.05, 0) is 26.7 Å². The van der Waals surface area contributed by atoms with E-state index in [1.807, 2.05) is 13.8 Å². The molecule has 1 saturated heterocycles. The number of hydrogen-bond donors (Lipinski definition) is 1. The van der Waals surface area contributed by atoms with E-state index in [9.17, 15) is 0 Å². The van der Waals surface area contributed by atoms with Crippen LogP contribution in [0.2, 0.25) is 0 Å². The summed E-state index contributed by atoms with van der Waals surface area (Å²) in [6.07, 6.45) is 5.73. The van der Waals surface area contributed by atoms with E-state index in [1.165, 1.54) is 0 Å². The Morgan fingerprint density at radius 3 is 3.00 bits per heavy atom. The van der Waals surface area contributed by atoms with E-state index >= 15 is 0 Å². The van der Waals surface area contributed by atoms with Crippen molar-refractivity contribution in [2.24, 2.45) is 5.73 Å². The number of ether oxygens (including phenoxy) is 1. The highest BCUT2D eigenvalue weighted by molar-refractivity contribution is 5.38. The van der Waals surface area contributed by atoms with Gasteiger partial charge in [-0.25, -0.2) is 0 Å². The molecule has 1 aliphatic rings. The normalized spacial score (nSPS) is 20.7. The quantitative estimate of drug-likeness (QED) is 0.854. The lowest BCUT2D eigenvalue weighted by Crippen LogP contribution is -2.43. The van der Waals surface area contributed by atoms with Gasteiger partial charge in [0.05, 0.1) is 18.5 Å². The van der Waals surface area contributed by atoms with Crippen LogP contribution >= 0.6 is 0 Å². The van der Waals surface area contributed by atoms with E-state index in [0.717, 1.165) is 31.7 Å². The maximum atomic E-state index is 5.96. The first-order chi connectivity index (χ1) is 8.15. The standard InChI is InChI=1S/C12H20N4O/c1-9(2)17-12-7-14-6-11(15-12)16-5-3-4-10(13)8-16/h6-7,9-10H,3-5,8,13H2,1-2H3/t10-/m1/s1. The summed E-state index contributed by atoms with van der Waals surface area (Å²) in [6, 6.07) is 0.236. The number of rotatable bonds is 3. The summed E-state index contributed by atoms with van der Waals surface area (Å²) in [5.74, 6) is 1.44. The summed E-state index contributed by atoms with van der Waals surface area (Å²) in [5.41, 5.74) is 5.96. The Balaban J connectivity index is 2.09. The van der Waals surface area contributed by atoms with Gasteiger partial charge >= 0.3 is 0 Å². The summed E-state index contributed by atoms with van der Waals surface area (Å²) in [4.78, 5) is 10.8. The predicted octanol–water partition coefficient (Wildman–Crippen LogP) is 1.19. The molecule has 0 amide bonds. The number of piperidine rings is 1. The van der Waals surface area contributed by atoms with Gasteiger partial charge in [0.2, 0.25) is 5.88 Å². The molecular formula is C12H20N4O. The topological polar surface area (TPSA) is 64.3 Å². The minimum atomic E-state index is 0.114. The monoisotopic (exact) mass is 236 g/mol. The molecule has 0 bridgehead atoms. The van der Waals surface area contributed by atoms with Crippen molar-refractivity contribution in [2.75, 3.05) is 18.0 Å². The second kappa shape index (κ2) is 5.31. The second-order valence-corrected chi connectivity index (χ2v) is 4.73. The maximum absolute atomic E-state index is 5.96. The van der Waals surface area contributed by atoms with Crippen LogP contribution in [0.25, 0.3) is 0 Å². The molecular weight excluding hydrogens is 216 g/mol. The third-order valence-electron chi connectivity index (χ3n) is 2.74. The fourth-order valence-corrected chi connectivity index (χ4v) is 2.01. The zero-order chi connectivity index (χ0) is 12.3. The van der Waals surface area contributed by atoms with Gasteiger partial charge in [-0.3, -0.25) is 4.98 Å². The van der Waals surface area contributed by atoms with Gasteiger partial charge in [0, 0.05) is 19.1 Å². The minimum absolute atomic E-state index is 0.114. The van der Waals surface area contributed by atoms with Crippen molar-refractivity contribution in [3.63, 3.8) is 0 Å². The smallest absolute Gasteiger partial charge is 0.234 e. The molecule has 0 saturated carbocycles. The Kier molecular flexibility index (Phi) is 3.78. The molecule has 0 aromatic carbocycles. The third kappa shape index (κ3) is 3.30. The van der Waals surface area contributed by atoms with Crippen LogP contribution < -0.4 is 15.4 Å². The zero-order valence-electron chi connectivity index (χ0n) is 10.5. The van der Waals surface area contributed by atoms with Crippen LogP contribution in [0.3, 0.4) is 0 Å². The fraction of sp³-hybridized carbons (Fsp3) is 0.667. The van der Waals surface area contributed by atoms with Crippen molar-refractivity contribution in [3.8, 4) is 5.88 Å². The summed E-state index contributed by atoms with van der Waals surface area (Å²) in [7, 11) is 0. The van der Waals surface area contributed by atoms with Crippen molar-refractivity contribution in [3.05, 3.63) is 12.4 Å². The molecule has 1 atom stereocenters. The Hall–Kier alpha value is -1.36. The first-order valence-corrected chi connectivity index (χ1v) is 6.14. The first-order valence-electron chi connectivity index (χ1n) is 6.14. The lowest BCUT2D eigenvalue weighted by Gasteiger charge is -2.31. The lowest BCUT2D eigenvalue weighted by atomic mass is 10.1. The Morgan fingerprint density at radius 1 is 1.47 bits per heavy atom. The van der Waals surface area contributed by atoms with E-state index in [2.05, 4.69) is 14.9 Å². The largest absolute Gasteiger partial charge is 0.474 e. The first kappa shape index (κ1) is 12.1. The van der Waals surface area contributed by atoms with E-state index in [0.29, 0.717) is 5.88 Å². The molecule has 1 aromatic heterocycles. The lowest BCUT2D eigenvalue weighted by molar-refractivity contribution is 0.231. The molecule has 2 heterocycles. The van der Waals surface area contributed by atoms with Crippen LogP contribution in [0, 0.1) is 0 Å². The van der Waals surface area contributed by atoms with Crippen molar-refractivity contribution in [2.45, 2.75) is 38.8 Å². The number of aromatic nitrogens is 2. The molecule has 2 rings (SSSR count).